The van der Waals surface area contributed by atoms with E-state index in [1.807, 2.05) is 24.3 Å². The monoisotopic (exact) mass is 310 g/mol. The molecule has 2 aromatic carbocycles. The van der Waals surface area contributed by atoms with Gasteiger partial charge in [-0.05, 0) is 36.2 Å². The molecule has 5 nitrogen and oxygen atoms in total. The Morgan fingerprint density at radius 2 is 1.83 bits per heavy atom. The first-order chi connectivity index (χ1) is 11.2. The summed E-state index contributed by atoms with van der Waals surface area (Å²) in [6.07, 6.45) is 0.344. The summed E-state index contributed by atoms with van der Waals surface area (Å²) in [6.45, 7) is 0. The molecule has 0 aromatic heterocycles. The van der Waals surface area contributed by atoms with E-state index in [1.165, 1.54) is 0 Å². The molecule has 0 radical (unpaired) electrons. The molecule has 1 amide bonds. The van der Waals surface area contributed by atoms with Crippen LogP contribution in [0, 0.1) is 17.2 Å². The summed E-state index contributed by atoms with van der Waals surface area (Å²) in [5.41, 5.74) is 1.50. The highest BCUT2D eigenvalue weighted by Crippen LogP contribution is 2.19. The quantitative estimate of drug-likeness (QED) is 0.890. The van der Waals surface area contributed by atoms with Crippen molar-refractivity contribution < 1.29 is 14.3 Å². The first-order valence-electron chi connectivity index (χ1n) is 7.13. The van der Waals surface area contributed by atoms with Crippen molar-refractivity contribution in [1.29, 1.82) is 5.26 Å². The van der Waals surface area contributed by atoms with E-state index in [0.717, 1.165) is 11.3 Å². The molecule has 1 unspecified atom stereocenters. The average Bonchev–Trinajstić information content (AvgIpc) is 2.60. The highest BCUT2D eigenvalue weighted by molar-refractivity contribution is 5.94. The summed E-state index contributed by atoms with van der Waals surface area (Å²) < 4.78 is 10.2. The predicted octanol–water partition coefficient (Wildman–Crippen LogP) is 3.02. The summed E-state index contributed by atoms with van der Waals surface area (Å²) in [5.74, 6) is 0.278. The number of hydrogen-bond acceptors (Lipinski definition) is 4. The van der Waals surface area contributed by atoms with Crippen LogP contribution in [0.15, 0.2) is 48.5 Å². The van der Waals surface area contributed by atoms with E-state index < -0.39 is 5.92 Å². The lowest BCUT2D eigenvalue weighted by atomic mass is 9.99. The van der Waals surface area contributed by atoms with Crippen molar-refractivity contribution in [2.45, 2.75) is 6.42 Å². The van der Waals surface area contributed by atoms with Crippen LogP contribution in [0.1, 0.15) is 5.56 Å². The third-order valence-electron chi connectivity index (χ3n) is 3.41. The Morgan fingerprint density at radius 1 is 1.13 bits per heavy atom. The van der Waals surface area contributed by atoms with E-state index >= 15 is 0 Å². The molecule has 0 aliphatic carbocycles. The number of benzene rings is 2. The molecule has 0 saturated carbocycles. The Morgan fingerprint density at radius 3 is 2.43 bits per heavy atom. The first-order valence-corrected chi connectivity index (χ1v) is 7.13. The maximum atomic E-state index is 12.3. The number of nitriles is 1. The number of carbonyl (C=O) groups excluding carboxylic acids is 1. The van der Waals surface area contributed by atoms with E-state index in [-0.39, 0.29) is 5.91 Å². The molecule has 0 aliphatic heterocycles. The smallest absolute Gasteiger partial charge is 0.242 e. The third kappa shape index (κ3) is 4.48. The van der Waals surface area contributed by atoms with Crippen LogP contribution >= 0.6 is 0 Å². The van der Waals surface area contributed by atoms with E-state index in [4.69, 9.17) is 9.47 Å². The molecule has 0 spiro atoms. The molecule has 118 valence electrons. The second-order valence-electron chi connectivity index (χ2n) is 4.96. The summed E-state index contributed by atoms with van der Waals surface area (Å²) in [7, 11) is 3.15. The zero-order valence-electron chi connectivity index (χ0n) is 13.1. The molecular weight excluding hydrogens is 292 g/mol. The Kier molecular flexibility index (Phi) is 5.59. The maximum absolute atomic E-state index is 12.3. The first kappa shape index (κ1) is 16.4. The van der Waals surface area contributed by atoms with Crippen molar-refractivity contribution in [3.63, 3.8) is 0 Å². The van der Waals surface area contributed by atoms with Crippen LogP contribution in [-0.4, -0.2) is 20.1 Å². The van der Waals surface area contributed by atoms with Crippen LogP contribution in [0.4, 0.5) is 5.69 Å². The molecule has 0 fully saturated rings. The largest absolute Gasteiger partial charge is 0.497 e. The molecule has 0 bridgehead atoms. The number of ether oxygens (including phenoxy) is 2. The highest BCUT2D eigenvalue weighted by atomic mass is 16.5. The fourth-order valence-electron chi connectivity index (χ4n) is 2.12. The molecule has 2 aromatic rings. The number of anilines is 1. The number of rotatable bonds is 6. The number of amides is 1. The zero-order valence-corrected chi connectivity index (χ0v) is 13.1. The number of carbonyl (C=O) groups is 1. The second-order valence-corrected chi connectivity index (χ2v) is 4.96. The second kappa shape index (κ2) is 7.85. The maximum Gasteiger partial charge on any atom is 0.242 e. The molecule has 0 aliphatic rings. The van der Waals surface area contributed by atoms with Gasteiger partial charge in [-0.1, -0.05) is 18.2 Å². The minimum atomic E-state index is -0.769. The molecule has 2 rings (SSSR count). The molecule has 5 heteroatoms. The Labute approximate surface area is 135 Å². The van der Waals surface area contributed by atoms with E-state index in [0.29, 0.717) is 17.9 Å². The van der Waals surface area contributed by atoms with E-state index in [1.54, 1.807) is 38.5 Å². The minimum absolute atomic E-state index is 0.337. The number of nitrogens with zero attached hydrogens (tertiary/aromatic N) is 1. The predicted molar refractivity (Wildman–Crippen MR) is 87.4 cm³/mol. The van der Waals surface area contributed by atoms with Crippen LogP contribution in [0.5, 0.6) is 11.5 Å². The third-order valence-corrected chi connectivity index (χ3v) is 3.41. The summed E-state index contributed by atoms with van der Waals surface area (Å²) in [4.78, 5) is 12.3. The molecule has 23 heavy (non-hydrogen) atoms. The fraction of sp³-hybridized carbons (Fsp3) is 0.222. The van der Waals surface area contributed by atoms with Crippen molar-refractivity contribution in [3.05, 3.63) is 54.1 Å². The van der Waals surface area contributed by atoms with Gasteiger partial charge in [-0.15, -0.1) is 0 Å². The van der Waals surface area contributed by atoms with E-state index in [2.05, 4.69) is 11.4 Å². The van der Waals surface area contributed by atoms with Crippen LogP contribution < -0.4 is 14.8 Å². The van der Waals surface area contributed by atoms with Gasteiger partial charge in [-0.25, -0.2) is 0 Å². The number of nitrogens with one attached hydrogen (secondary N) is 1. The lowest BCUT2D eigenvalue weighted by Gasteiger charge is -2.11. The van der Waals surface area contributed by atoms with Crippen molar-refractivity contribution in [2.24, 2.45) is 5.92 Å². The average molecular weight is 310 g/mol. The lowest BCUT2D eigenvalue weighted by molar-refractivity contribution is -0.118. The molecule has 0 saturated heterocycles. The highest BCUT2D eigenvalue weighted by Gasteiger charge is 2.18. The topological polar surface area (TPSA) is 71.3 Å². The normalized spacial score (nSPS) is 11.2. The lowest BCUT2D eigenvalue weighted by Crippen LogP contribution is -2.23. The van der Waals surface area contributed by atoms with Crippen LogP contribution in [-0.2, 0) is 11.2 Å². The summed E-state index contributed by atoms with van der Waals surface area (Å²) >= 11 is 0. The van der Waals surface area contributed by atoms with Gasteiger partial charge in [0, 0.05) is 11.8 Å². The van der Waals surface area contributed by atoms with Gasteiger partial charge < -0.3 is 14.8 Å². The van der Waals surface area contributed by atoms with Gasteiger partial charge in [0.15, 0.2) is 0 Å². The van der Waals surface area contributed by atoms with Crippen LogP contribution in [0.3, 0.4) is 0 Å². The molecular formula is C18H18N2O3. The van der Waals surface area contributed by atoms with Crippen molar-refractivity contribution in [1.82, 2.24) is 0 Å². The number of methoxy groups -OCH3 is 2. The van der Waals surface area contributed by atoms with Gasteiger partial charge in [0.05, 0.1) is 20.3 Å². The fourth-order valence-corrected chi connectivity index (χ4v) is 2.12. The molecule has 0 heterocycles. The van der Waals surface area contributed by atoms with E-state index in [9.17, 15) is 10.1 Å². The molecule has 1 N–H and O–H groups in total. The van der Waals surface area contributed by atoms with Gasteiger partial charge in [0.1, 0.15) is 17.4 Å². The van der Waals surface area contributed by atoms with Crippen LogP contribution in [0.2, 0.25) is 0 Å². The zero-order chi connectivity index (χ0) is 16.7. The van der Waals surface area contributed by atoms with Gasteiger partial charge in [0.25, 0.3) is 0 Å². The Bertz CT molecular complexity index is 705. The van der Waals surface area contributed by atoms with Gasteiger partial charge in [-0.3, -0.25) is 4.79 Å². The summed E-state index contributed by atoms with van der Waals surface area (Å²) in [5, 5.41) is 12.0. The molecule has 1 atom stereocenters. The Hall–Kier alpha value is -3.00. The van der Waals surface area contributed by atoms with Crippen LogP contribution in [0.25, 0.3) is 0 Å². The van der Waals surface area contributed by atoms with Gasteiger partial charge >= 0.3 is 0 Å². The van der Waals surface area contributed by atoms with Crippen molar-refractivity contribution in [2.75, 3.05) is 19.5 Å². The SMILES string of the molecule is COc1ccc(CC(C#N)C(=O)Nc2cccc(OC)c2)cc1. The number of hydrogen-bond donors (Lipinski definition) is 1. The van der Waals surface area contributed by atoms with Crippen molar-refractivity contribution >= 4 is 11.6 Å². The summed E-state index contributed by atoms with van der Waals surface area (Å²) in [6, 6.07) is 16.4. The van der Waals surface area contributed by atoms with Gasteiger partial charge in [0.2, 0.25) is 5.91 Å². The Balaban J connectivity index is 2.04. The minimum Gasteiger partial charge on any atom is -0.497 e. The van der Waals surface area contributed by atoms with Gasteiger partial charge in [-0.2, -0.15) is 5.26 Å². The van der Waals surface area contributed by atoms with Crippen molar-refractivity contribution in [3.8, 4) is 17.6 Å². The standard InChI is InChI=1S/C18H18N2O3/c1-22-16-8-6-13(7-9-16)10-14(12-19)18(21)20-15-4-3-5-17(11-15)23-2/h3-9,11,14H,10H2,1-2H3,(H,20,21).